The third-order valence-corrected chi connectivity index (χ3v) is 14.5. The number of hydrogen-bond donors (Lipinski definition) is 6. The first kappa shape index (κ1) is 72.9. The molecule has 450 valence electrons. The van der Waals surface area contributed by atoms with Crippen LogP contribution >= 0.6 is 0 Å². The molecule has 0 aromatic rings. The summed E-state index contributed by atoms with van der Waals surface area (Å²) >= 11 is 0. The van der Waals surface area contributed by atoms with Gasteiger partial charge in [0, 0.05) is 6.42 Å². The molecule has 1 fully saturated rings. The second-order valence-electron chi connectivity index (χ2n) is 21.8. The predicted molar refractivity (Wildman–Crippen MR) is 324 cm³/mol. The molecule has 0 aliphatic carbocycles. The quantitative estimate of drug-likeness (QED) is 0.0195. The summed E-state index contributed by atoms with van der Waals surface area (Å²) in [6, 6.07) is -1.03. The Morgan fingerprint density at radius 3 is 1.41 bits per heavy atom. The highest BCUT2D eigenvalue weighted by Crippen LogP contribution is 2.26. The summed E-state index contributed by atoms with van der Waals surface area (Å²) in [5, 5.41) is 56.9. The number of unbranched alkanes of at least 4 members (excludes halogenated alkanes) is 27. The molecular weight excluding hydrogens is 979 g/mol. The third-order valence-electron chi connectivity index (χ3n) is 14.5. The molecule has 11 heteroatoms. The number of rotatable bonds is 53. The number of hydrogen-bond acceptors (Lipinski definition) is 10. The van der Waals surface area contributed by atoms with Crippen molar-refractivity contribution in [3.05, 3.63) is 85.1 Å². The normalized spacial score (nSPS) is 19.5. The lowest BCUT2D eigenvalue weighted by Gasteiger charge is -2.41. The van der Waals surface area contributed by atoms with Gasteiger partial charge in [0.2, 0.25) is 5.91 Å². The van der Waals surface area contributed by atoms with E-state index >= 15 is 0 Å². The molecule has 0 aromatic heterocycles. The van der Waals surface area contributed by atoms with Crippen LogP contribution in [0.2, 0.25) is 0 Å². The Labute approximate surface area is 476 Å². The van der Waals surface area contributed by atoms with Gasteiger partial charge in [-0.3, -0.25) is 9.59 Å². The minimum Gasteiger partial charge on any atom is -0.454 e. The highest BCUT2D eigenvalue weighted by Gasteiger charge is 2.47. The van der Waals surface area contributed by atoms with E-state index in [2.05, 4.69) is 99.0 Å². The maximum absolute atomic E-state index is 13.4. The van der Waals surface area contributed by atoms with Gasteiger partial charge in [-0.15, -0.1) is 0 Å². The van der Waals surface area contributed by atoms with Crippen LogP contribution < -0.4 is 5.32 Å². The van der Waals surface area contributed by atoms with Crippen molar-refractivity contribution in [1.82, 2.24) is 5.32 Å². The van der Waals surface area contributed by atoms with Gasteiger partial charge in [-0.05, 0) is 96.3 Å². The number of aliphatic hydroxyl groups excluding tert-OH is 5. The molecule has 1 aliphatic heterocycles. The number of amides is 1. The van der Waals surface area contributed by atoms with Crippen LogP contribution in [-0.2, 0) is 23.8 Å². The SMILES string of the molecule is CC/C=C/C/C=C/CCCCCCCCC(O)C(=O)NC(COC1OC(CO)C(O)C(O)C1OC(=O)CCCCCCCCCCC/C=C\C/C=C\C/C=C\C/C=C\CCCCC)C(O)/C=C/CCCCCCCCCCC. The number of aliphatic hydroxyl groups is 5. The zero-order valence-corrected chi connectivity index (χ0v) is 49.8. The zero-order valence-electron chi connectivity index (χ0n) is 49.8. The fourth-order valence-corrected chi connectivity index (χ4v) is 9.50. The first-order valence-corrected chi connectivity index (χ1v) is 31.9. The van der Waals surface area contributed by atoms with E-state index in [0.29, 0.717) is 12.8 Å². The van der Waals surface area contributed by atoms with E-state index in [1.54, 1.807) is 6.08 Å². The smallest absolute Gasteiger partial charge is 0.306 e. The molecule has 6 N–H and O–H groups in total. The molecular formula is C67H117NO10. The van der Waals surface area contributed by atoms with Crippen LogP contribution in [0, 0.1) is 0 Å². The Balaban J connectivity index is 2.60. The largest absolute Gasteiger partial charge is 0.454 e. The Hall–Kier alpha value is -3.16. The Bertz CT molecular complexity index is 1590. The first-order valence-electron chi connectivity index (χ1n) is 31.9. The van der Waals surface area contributed by atoms with Crippen molar-refractivity contribution < 1.29 is 49.3 Å². The van der Waals surface area contributed by atoms with E-state index in [1.165, 1.54) is 96.3 Å². The lowest BCUT2D eigenvalue weighted by molar-refractivity contribution is -0.305. The van der Waals surface area contributed by atoms with Crippen LogP contribution in [0.15, 0.2) is 85.1 Å². The van der Waals surface area contributed by atoms with Gasteiger partial charge in [0.15, 0.2) is 12.4 Å². The molecule has 1 aliphatic rings. The van der Waals surface area contributed by atoms with Crippen LogP contribution in [0.3, 0.4) is 0 Å². The minimum absolute atomic E-state index is 0.112. The number of nitrogens with one attached hydrogen (secondary N) is 1. The van der Waals surface area contributed by atoms with Gasteiger partial charge in [-0.2, -0.15) is 0 Å². The summed E-state index contributed by atoms with van der Waals surface area (Å²) in [7, 11) is 0. The Kier molecular flexibility index (Phi) is 50.8. The number of esters is 1. The van der Waals surface area contributed by atoms with Crippen molar-refractivity contribution in [2.45, 2.75) is 314 Å². The van der Waals surface area contributed by atoms with Crippen molar-refractivity contribution in [3.63, 3.8) is 0 Å². The molecule has 0 spiro atoms. The van der Waals surface area contributed by atoms with Crippen molar-refractivity contribution >= 4 is 11.9 Å². The predicted octanol–water partition coefficient (Wildman–Crippen LogP) is 15.3. The van der Waals surface area contributed by atoms with Crippen LogP contribution in [0.25, 0.3) is 0 Å². The highest BCUT2D eigenvalue weighted by molar-refractivity contribution is 5.80. The fourth-order valence-electron chi connectivity index (χ4n) is 9.50. The van der Waals surface area contributed by atoms with E-state index in [0.717, 1.165) is 122 Å². The van der Waals surface area contributed by atoms with E-state index in [1.807, 2.05) is 6.08 Å². The Morgan fingerprint density at radius 1 is 0.513 bits per heavy atom. The van der Waals surface area contributed by atoms with E-state index in [-0.39, 0.29) is 19.4 Å². The van der Waals surface area contributed by atoms with Gasteiger partial charge < -0.3 is 45.1 Å². The van der Waals surface area contributed by atoms with Crippen molar-refractivity contribution in [1.29, 1.82) is 0 Å². The average Bonchev–Trinajstić information content (AvgIpc) is 3.44. The molecule has 0 radical (unpaired) electrons. The molecule has 8 unspecified atom stereocenters. The van der Waals surface area contributed by atoms with Gasteiger partial charge in [0.25, 0.3) is 0 Å². The summed E-state index contributed by atoms with van der Waals surface area (Å²) in [6.45, 7) is 5.63. The summed E-state index contributed by atoms with van der Waals surface area (Å²) in [5.74, 6) is -1.21. The van der Waals surface area contributed by atoms with Crippen LogP contribution in [0.1, 0.15) is 265 Å². The zero-order chi connectivity index (χ0) is 56.8. The van der Waals surface area contributed by atoms with Gasteiger partial charge in [-0.1, -0.05) is 247 Å². The molecule has 8 atom stereocenters. The van der Waals surface area contributed by atoms with Crippen molar-refractivity contribution in [2.24, 2.45) is 0 Å². The van der Waals surface area contributed by atoms with Gasteiger partial charge in [-0.25, -0.2) is 0 Å². The van der Waals surface area contributed by atoms with Crippen molar-refractivity contribution in [2.75, 3.05) is 13.2 Å². The standard InChI is InChI=1S/C67H117NO10/c1-4-7-10-13-16-19-22-24-25-26-27-28-29-30-31-32-33-34-35-37-40-43-46-49-52-55-62(72)78-65-64(74)63(73)61(56-69)77-67(65)76-57-58(59(70)53-50-47-44-41-38-21-18-15-12-9-6-3)68-66(75)60(71)54-51-48-45-42-39-36-23-20-17-14-11-8-5-2/h8,11,16-17,19-20,24-25,27-28,30-31,50,53,58-61,63-65,67,69-71,73-74H,4-7,9-10,12-15,18,21-23,26,29,32-49,51-52,54-57H2,1-3H3,(H,68,75)/b11-8+,19-16-,20-17+,25-24-,28-27-,31-30-,53-50+. The minimum atomic E-state index is -1.62. The van der Waals surface area contributed by atoms with Crippen molar-refractivity contribution in [3.8, 4) is 0 Å². The highest BCUT2D eigenvalue weighted by atomic mass is 16.7. The lowest BCUT2D eigenvalue weighted by atomic mass is 9.99. The maximum atomic E-state index is 13.4. The van der Waals surface area contributed by atoms with Gasteiger partial charge in [0.05, 0.1) is 25.4 Å². The van der Waals surface area contributed by atoms with Crippen LogP contribution in [0.4, 0.5) is 0 Å². The molecule has 1 rings (SSSR count). The molecule has 1 saturated heterocycles. The first-order chi connectivity index (χ1) is 38.2. The number of ether oxygens (including phenoxy) is 3. The van der Waals surface area contributed by atoms with Gasteiger partial charge >= 0.3 is 5.97 Å². The summed E-state index contributed by atoms with van der Waals surface area (Å²) < 4.78 is 17.6. The summed E-state index contributed by atoms with van der Waals surface area (Å²) in [4.78, 5) is 26.5. The third kappa shape index (κ3) is 41.8. The molecule has 1 amide bonds. The average molecular weight is 1100 g/mol. The number of carbonyl (C=O) groups is 2. The topological polar surface area (TPSA) is 175 Å². The van der Waals surface area contributed by atoms with E-state index in [9.17, 15) is 35.1 Å². The molecule has 1 heterocycles. The molecule has 0 bridgehead atoms. The molecule has 78 heavy (non-hydrogen) atoms. The van der Waals surface area contributed by atoms with Crippen LogP contribution in [-0.4, -0.2) is 99.6 Å². The monoisotopic (exact) mass is 1100 g/mol. The molecule has 0 aromatic carbocycles. The maximum Gasteiger partial charge on any atom is 0.306 e. The number of carbonyl (C=O) groups excluding carboxylic acids is 2. The van der Waals surface area contributed by atoms with E-state index in [4.69, 9.17) is 14.2 Å². The summed E-state index contributed by atoms with van der Waals surface area (Å²) in [5.41, 5.74) is 0. The Morgan fingerprint density at radius 2 is 0.923 bits per heavy atom. The van der Waals surface area contributed by atoms with Crippen LogP contribution in [0.5, 0.6) is 0 Å². The van der Waals surface area contributed by atoms with E-state index < -0.39 is 67.4 Å². The molecule has 0 saturated carbocycles. The summed E-state index contributed by atoms with van der Waals surface area (Å²) in [6.07, 6.45) is 60.5. The number of allylic oxidation sites excluding steroid dienone is 13. The van der Waals surface area contributed by atoms with Gasteiger partial charge in [0.1, 0.15) is 24.4 Å². The second-order valence-corrected chi connectivity index (χ2v) is 21.8. The fraction of sp³-hybridized carbons (Fsp3) is 0.761. The molecule has 11 nitrogen and oxygen atoms in total. The second kappa shape index (κ2) is 54.4. The lowest BCUT2D eigenvalue weighted by Crippen LogP contribution is -2.61.